The van der Waals surface area contributed by atoms with Gasteiger partial charge in [-0.05, 0) is 0 Å². The summed E-state index contributed by atoms with van der Waals surface area (Å²) in [5, 5.41) is 15.0. The van der Waals surface area contributed by atoms with Gasteiger partial charge in [0.2, 0.25) is 0 Å². The fourth-order valence-electron chi connectivity index (χ4n) is 2.16. The van der Waals surface area contributed by atoms with Crippen LogP contribution in [-0.4, -0.2) is 22.5 Å². The van der Waals surface area contributed by atoms with Crippen molar-refractivity contribution in [3.05, 3.63) is 90.3 Å². The third kappa shape index (κ3) is 4.54. The molecule has 0 bridgehead atoms. The molecule has 25 heavy (non-hydrogen) atoms. The van der Waals surface area contributed by atoms with E-state index in [1.807, 2.05) is 60.7 Å². The van der Waals surface area contributed by atoms with Crippen LogP contribution in [0.1, 0.15) is 17.0 Å². The molecule has 6 heteroatoms. The van der Waals surface area contributed by atoms with Crippen molar-refractivity contribution in [1.29, 1.82) is 0 Å². The number of benzene rings is 2. The highest BCUT2D eigenvalue weighted by atomic mass is 16.6. The van der Waals surface area contributed by atoms with E-state index < -0.39 is 0 Å². The molecule has 0 unspecified atom stereocenters. The van der Waals surface area contributed by atoms with E-state index >= 15 is 0 Å². The molecule has 0 spiro atoms. The van der Waals surface area contributed by atoms with Crippen molar-refractivity contribution in [2.75, 3.05) is 11.9 Å². The van der Waals surface area contributed by atoms with E-state index in [-0.39, 0.29) is 6.61 Å². The highest BCUT2D eigenvalue weighted by molar-refractivity contribution is 6.12. The first-order valence-electron chi connectivity index (χ1n) is 7.85. The lowest BCUT2D eigenvalue weighted by atomic mass is 10.0. The molecule has 1 N–H and O–H groups in total. The van der Waals surface area contributed by atoms with E-state index in [1.165, 1.54) is 0 Å². The molecule has 0 aliphatic heterocycles. The monoisotopic (exact) mass is 334 g/mol. The SMILES string of the molecule is C=CCNc1nnc(CON=C(c2ccccc2)c2ccccc2)o1. The van der Waals surface area contributed by atoms with E-state index in [2.05, 4.69) is 27.2 Å². The van der Waals surface area contributed by atoms with E-state index in [1.54, 1.807) is 6.08 Å². The van der Waals surface area contributed by atoms with E-state index in [9.17, 15) is 0 Å². The summed E-state index contributed by atoms with van der Waals surface area (Å²) in [5.74, 6) is 0.343. The van der Waals surface area contributed by atoms with Gasteiger partial charge in [0.25, 0.3) is 5.89 Å². The maximum absolute atomic E-state index is 5.45. The second-order valence-corrected chi connectivity index (χ2v) is 5.12. The molecule has 3 aromatic rings. The zero-order valence-corrected chi connectivity index (χ0v) is 13.6. The van der Waals surface area contributed by atoms with E-state index in [0.29, 0.717) is 18.5 Å². The maximum atomic E-state index is 5.45. The lowest BCUT2D eigenvalue weighted by Crippen LogP contribution is -2.04. The summed E-state index contributed by atoms with van der Waals surface area (Å²) in [6.45, 7) is 4.25. The molecule has 0 fully saturated rings. The van der Waals surface area contributed by atoms with Crippen LogP contribution in [0.3, 0.4) is 0 Å². The van der Waals surface area contributed by atoms with Crippen molar-refractivity contribution in [3.8, 4) is 0 Å². The number of nitrogens with zero attached hydrogens (tertiary/aromatic N) is 3. The number of aromatic nitrogens is 2. The lowest BCUT2D eigenvalue weighted by Gasteiger charge is -2.06. The number of nitrogens with one attached hydrogen (secondary N) is 1. The van der Waals surface area contributed by atoms with Crippen LogP contribution in [0, 0.1) is 0 Å². The van der Waals surface area contributed by atoms with Crippen LogP contribution in [0.4, 0.5) is 6.01 Å². The molecule has 6 nitrogen and oxygen atoms in total. The average molecular weight is 334 g/mol. The molecule has 0 aliphatic rings. The summed E-state index contributed by atoms with van der Waals surface area (Å²) < 4.78 is 5.40. The Hall–Kier alpha value is -3.41. The smallest absolute Gasteiger partial charge is 0.315 e. The normalized spacial score (nSPS) is 10.1. The minimum atomic E-state index is 0.0892. The van der Waals surface area contributed by atoms with Crippen molar-refractivity contribution in [2.45, 2.75) is 6.61 Å². The summed E-state index contributed by atoms with van der Waals surface area (Å²) >= 11 is 0. The Balaban J connectivity index is 1.73. The molecule has 0 saturated carbocycles. The Bertz CT molecular complexity index is 787. The number of rotatable bonds is 8. The molecule has 3 rings (SSSR count). The van der Waals surface area contributed by atoms with Crippen LogP contribution in [0.15, 0.2) is 82.9 Å². The zero-order valence-electron chi connectivity index (χ0n) is 13.6. The van der Waals surface area contributed by atoms with Crippen molar-refractivity contribution >= 4 is 11.7 Å². The van der Waals surface area contributed by atoms with Crippen LogP contribution < -0.4 is 5.32 Å². The highest BCUT2D eigenvalue weighted by Crippen LogP contribution is 2.12. The number of hydrogen-bond acceptors (Lipinski definition) is 6. The van der Waals surface area contributed by atoms with Crippen molar-refractivity contribution < 1.29 is 9.25 Å². The second kappa shape index (κ2) is 8.44. The van der Waals surface area contributed by atoms with Gasteiger partial charge in [-0.15, -0.1) is 11.7 Å². The first-order valence-corrected chi connectivity index (χ1v) is 7.85. The first kappa shape index (κ1) is 16.4. The third-order valence-corrected chi connectivity index (χ3v) is 3.30. The molecule has 0 saturated heterocycles. The Labute approximate surface area is 145 Å². The molecule has 0 radical (unpaired) electrons. The van der Waals surface area contributed by atoms with Crippen LogP contribution in [0.25, 0.3) is 0 Å². The summed E-state index contributed by atoms with van der Waals surface area (Å²) in [6, 6.07) is 20.0. The topological polar surface area (TPSA) is 72.5 Å². The van der Waals surface area contributed by atoms with Gasteiger partial charge in [0.05, 0.1) is 0 Å². The molecule has 1 heterocycles. The predicted molar refractivity (Wildman–Crippen MR) is 96.3 cm³/mol. The van der Waals surface area contributed by atoms with E-state index in [0.717, 1.165) is 16.8 Å². The molecular formula is C19H18N4O2. The number of anilines is 1. The lowest BCUT2D eigenvalue weighted by molar-refractivity contribution is 0.111. The molecular weight excluding hydrogens is 316 g/mol. The average Bonchev–Trinajstić information content (AvgIpc) is 3.13. The van der Waals surface area contributed by atoms with Gasteiger partial charge in [-0.2, -0.15) is 0 Å². The van der Waals surface area contributed by atoms with Gasteiger partial charge in [0.15, 0.2) is 6.61 Å². The largest absolute Gasteiger partial charge is 0.404 e. The Morgan fingerprint density at radius 2 is 1.68 bits per heavy atom. The zero-order chi connectivity index (χ0) is 17.3. The maximum Gasteiger partial charge on any atom is 0.315 e. The van der Waals surface area contributed by atoms with Gasteiger partial charge in [-0.25, -0.2) is 0 Å². The van der Waals surface area contributed by atoms with Crippen molar-refractivity contribution in [2.24, 2.45) is 5.16 Å². The summed E-state index contributed by atoms with van der Waals surface area (Å²) in [5.41, 5.74) is 2.67. The summed E-state index contributed by atoms with van der Waals surface area (Å²) in [6.07, 6.45) is 1.71. The predicted octanol–water partition coefficient (Wildman–Crippen LogP) is 3.64. The molecule has 0 aliphatic carbocycles. The van der Waals surface area contributed by atoms with Gasteiger partial charge in [-0.1, -0.05) is 77.0 Å². The number of hydrogen-bond donors (Lipinski definition) is 1. The minimum Gasteiger partial charge on any atom is -0.404 e. The van der Waals surface area contributed by atoms with Gasteiger partial charge < -0.3 is 14.6 Å². The van der Waals surface area contributed by atoms with Crippen molar-refractivity contribution in [3.63, 3.8) is 0 Å². The van der Waals surface area contributed by atoms with Crippen LogP contribution in [0.5, 0.6) is 0 Å². The highest BCUT2D eigenvalue weighted by Gasteiger charge is 2.09. The van der Waals surface area contributed by atoms with Crippen LogP contribution in [-0.2, 0) is 11.4 Å². The second-order valence-electron chi connectivity index (χ2n) is 5.12. The standard InChI is InChI=1S/C19H18N4O2/c1-2-13-20-19-22-21-17(25-19)14-24-23-18(15-9-5-3-6-10-15)16-11-7-4-8-12-16/h2-12H,1,13-14H2,(H,20,22). The summed E-state index contributed by atoms with van der Waals surface area (Å²) in [4.78, 5) is 5.45. The Morgan fingerprint density at radius 1 is 1.04 bits per heavy atom. The number of oxime groups is 1. The van der Waals surface area contributed by atoms with E-state index in [4.69, 9.17) is 9.25 Å². The Kier molecular flexibility index (Phi) is 5.56. The van der Waals surface area contributed by atoms with Gasteiger partial charge >= 0.3 is 6.01 Å². The summed E-state index contributed by atoms with van der Waals surface area (Å²) in [7, 11) is 0. The minimum absolute atomic E-state index is 0.0892. The molecule has 2 aromatic carbocycles. The third-order valence-electron chi connectivity index (χ3n) is 3.30. The van der Waals surface area contributed by atoms with Gasteiger partial charge in [0, 0.05) is 17.7 Å². The van der Waals surface area contributed by atoms with Crippen LogP contribution in [0.2, 0.25) is 0 Å². The van der Waals surface area contributed by atoms with Gasteiger partial charge in [-0.3, -0.25) is 0 Å². The molecule has 0 atom stereocenters. The quantitative estimate of drug-likeness (QED) is 0.387. The Morgan fingerprint density at radius 3 is 2.28 bits per heavy atom. The molecule has 0 amide bonds. The first-order chi connectivity index (χ1) is 12.4. The molecule has 126 valence electrons. The fourth-order valence-corrected chi connectivity index (χ4v) is 2.16. The fraction of sp³-hybridized carbons (Fsp3) is 0.105. The van der Waals surface area contributed by atoms with Gasteiger partial charge in [0.1, 0.15) is 5.71 Å². The van der Waals surface area contributed by atoms with Crippen molar-refractivity contribution in [1.82, 2.24) is 10.2 Å². The molecule has 1 aromatic heterocycles. The van der Waals surface area contributed by atoms with Crippen LogP contribution >= 0.6 is 0 Å².